The molecular weight excluding hydrogens is 226 g/mol. The number of ether oxygens (including phenoxy) is 1. The molecule has 18 heavy (non-hydrogen) atoms. The monoisotopic (exact) mass is 251 g/mol. The van der Waals surface area contributed by atoms with Crippen LogP contribution in [0.25, 0.3) is 0 Å². The molecule has 3 N–H and O–H groups in total. The van der Waals surface area contributed by atoms with Crippen molar-refractivity contribution in [3.05, 3.63) is 35.9 Å². The second kappa shape index (κ2) is 7.52. The van der Waals surface area contributed by atoms with Crippen molar-refractivity contribution in [1.29, 1.82) is 0 Å². The van der Waals surface area contributed by atoms with Gasteiger partial charge in [0.15, 0.2) is 0 Å². The molecule has 0 aliphatic rings. The topological polar surface area (TPSA) is 55.5 Å². The molecule has 1 aromatic rings. The van der Waals surface area contributed by atoms with Crippen molar-refractivity contribution < 1.29 is 9.84 Å². The van der Waals surface area contributed by atoms with Gasteiger partial charge in [-0.25, -0.2) is 0 Å². The van der Waals surface area contributed by atoms with Crippen LogP contribution in [-0.4, -0.2) is 24.9 Å². The molecule has 1 aromatic carbocycles. The van der Waals surface area contributed by atoms with E-state index in [0.717, 1.165) is 18.4 Å². The molecular formula is C15H25NO2. The van der Waals surface area contributed by atoms with E-state index in [2.05, 4.69) is 13.8 Å². The van der Waals surface area contributed by atoms with Crippen LogP contribution < -0.4 is 5.73 Å². The summed E-state index contributed by atoms with van der Waals surface area (Å²) in [5, 5.41) is 10.4. The van der Waals surface area contributed by atoms with E-state index in [4.69, 9.17) is 10.5 Å². The van der Waals surface area contributed by atoms with Crippen LogP contribution in [0.2, 0.25) is 0 Å². The molecule has 0 fully saturated rings. The van der Waals surface area contributed by atoms with Crippen molar-refractivity contribution in [2.75, 3.05) is 19.8 Å². The first-order valence-corrected chi connectivity index (χ1v) is 6.64. The fourth-order valence-electron chi connectivity index (χ4n) is 1.84. The first-order valence-electron chi connectivity index (χ1n) is 6.64. The van der Waals surface area contributed by atoms with Gasteiger partial charge in [0.1, 0.15) is 5.60 Å². The standard InChI is InChI=1S/C15H25NO2/c1-13(2)7-6-10-18-12-15(17,11-16)14-8-4-3-5-9-14/h3-5,8-9,13,17H,6-7,10-12,16H2,1-2H3. The fourth-order valence-corrected chi connectivity index (χ4v) is 1.84. The Bertz CT molecular complexity index is 327. The van der Waals surface area contributed by atoms with E-state index in [1.807, 2.05) is 30.3 Å². The Morgan fingerprint density at radius 1 is 1.28 bits per heavy atom. The minimum atomic E-state index is -1.07. The second-order valence-electron chi connectivity index (χ2n) is 5.19. The zero-order valence-electron chi connectivity index (χ0n) is 11.4. The van der Waals surface area contributed by atoms with Gasteiger partial charge in [-0.1, -0.05) is 44.2 Å². The van der Waals surface area contributed by atoms with Gasteiger partial charge >= 0.3 is 0 Å². The molecule has 0 saturated heterocycles. The Labute approximate surface area is 110 Å². The van der Waals surface area contributed by atoms with Gasteiger partial charge in [-0.15, -0.1) is 0 Å². The van der Waals surface area contributed by atoms with Gasteiger partial charge in [0.05, 0.1) is 6.61 Å². The Morgan fingerprint density at radius 2 is 1.94 bits per heavy atom. The number of hydrogen-bond donors (Lipinski definition) is 2. The summed E-state index contributed by atoms with van der Waals surface area (Å²) < 4.78 is 5.56. The predicted octanol–water partition coefficient (Wildman–Crippen LogP) is 2.29. The molecule has 0 radical (unpaired) electrons. The summed E-state index contributed by atoms with van der Waals surface area (Å²) in [5.41, 5.74) is 5.42. The van der Waals surface area contributed by atoms with Crippen LogP contribution in [0.5, 0.6) is 0 Å². The van der Waals surface area contributed by atoms with E-state index >= 15 is 0 Å². The van der Waals surface area contributed by atoms with E-state index in [0.29, 0.717) is 12.5 Å². The molecule has 1 rings (SSSR count). The van der Waals surface area contributed by atoms with E-state index in [9.17, 15) is 5.11 Å². The second-order valence-corrected chi connectivity index (χ2v) is 5.19. The fraction of sp³-hybridized carbons (Fsp3) is 0.600. The maximum Gasteiger partial charge on any atom is 0.125 e. The molecule has 0 aliphatic carbocycles. The Hall–Kier alpha value is -0.900. The van der Waals surface area contributed by atoms with Crippen molar-refractivity contribution in [3.63, 3.8) is 0 Å². The molecule has 0 amide bonds. The van der Waals surface area contributed by atoms with Gasteiger partial charge in [-0.05, 0) is 24.3 Å². The maximum absolute atomic E-state index is 10.4. The lowest BCUT2D eigenvalue weighted by Gasteiger charge is -2.27. The van der Waals surface area contributed by atoms with E-state index < -0.39 is 5.60 Å². The molecule has 0 bridgehead atoms. The number of nitrogens with two attached hydrogens (primary N) is 1. The number of benzene rings is 1. The molecule has 3 nitrogen and oxygen atoms in total. The van der Waals surface area contributed by atoms with E-state index in [-0.39, 0.29) is 13.2 Å². The summed E-state index contributed by atoms with van der Waals surface area (Å²) in [4.78, 5) is 0. The van der Waals surface area contributed by atoms with Crippen LogP contribution >= 0.6 is 0 Å². The third-order valence-electron chi connectivity index (χ3n) is 3.06. The minimum Gasteiger partial charge on any atom is -0.381 e. The van der Waals surface area contributed by atoms with E-state index in [1.54, 1.807) is 0 Å². The highest BCUT2D eigenvalue weighted by Crippen LogP contribution is 2.20. The number of hydrogen-bond acceptors (Lipinski definition) is 3. The number of rotatable bonds is 8. The van der Waals surface area contributed by atoms with Crippen LogP contribution in [-0.2, 0) is 10.3 Å². The maximum atomic E-state index is 10.4. The Kier molecular flexibility index (Phi) is 6.33. The minimum absolute atomic E-state index is 0.168. The molecule has 102 valence electrons. The summed E-state index contributed by atoms with van der Waals surface area (Å²) >= 11 is 0. The van der Waals surface area contributed by atoms with Crippen LogP contribution in [0.3, 0.4) is 0 Å². The molecule has 0 aliphatic heterocycles. The van der Waals surface area contributed by atoms with Crippen molar-refractivity contribution >= 4 is 0 Å². The summed E-state index contributed by atoms with van der Waals surface area (Å²) in [6.45, 7) is 5.49. The average molecular weight is 251 g/mol. The van der Waals surface area contributed by atoms with Crippen molar-refractivity contribution in [1.82, 2.24) is 0 Å². The van der Waals surface area contributed by atoms with Crippen LogP contribution in [0.4, 0.5) is 0 Å². The van der Waals surface area contributed by atoms with Gasteiger partial charge in [0.25, 0.3) is 0 Å². The quantitative estimate of drug-likeness (QED) is 0.697. The third kappa shape index (κ3) is 4.77. The molecule has 0 spiro atoms. The first kappa shape index (κ1) is 15.2. The van der Waals surface area contributed by atoms with E-state index in [1.165, 1.54) is 0 Å². The lowest BCUT2D eigenvalue weighted by molar-refractivity contribution is -0.0454. The smallest absolute Gasteiger partial charge is 0.125 e. The molecule has 0 heterocycles. The van der Waals surface area contributed by atoms with Crippen molar-refractivity contribution in [2.45, 2.75) is 32.3 Å². The predicted molar refractivity (Wildman–Crippen MR) is 74.3 cm³/mol. The van der Waals surface area contributed by atoms with Crippen LogP contribution in [0.1, 0.15) is 32.3 Å². The summed E-state index contributed by atoms with van der Waals surface area (Å²) in [6, 6.07) is 9.47. The zero-order valence-corrected chi connectivity index (χ0v) is 11.4. The first-order chi connectivity index (χ1) is 8.58. The van der Waals surface area contributed by atoms with Gasteiger partial charge in [0, 0.05) is 13.2 Å². The molecule has 0 saturated carbocycles. The van der Waals surface area contributed by atoms with Crippen molar-refractivity contribution in [3.8, 4) is 0 Å². The highest BCUT2D eigenvalue weighted by Gasteiger charge is 2.27. The molecule has 0 aromatic heterocycles. The Morgan fingerprint density at radius 3 is 2.50 bits per heavy atom. The largest absolute Gasteiger partial charge is 0.381 e. The lowest BCUT2D eigenvalue weighted by atomic mass is 9.95. The summed E-state index contributed by atoms with van der Waals surface area (Å²) in [5.74, 6) is 0.691. The van der Waals surface area contributed by atoms with Crippen molar-refractivity contribution in [2.24, 2.45) is 11.7 Å². The third-order valence-corrected chi connectivity index (χ3v) is 3.06. The Balaban J connectivity index is 2.42. The zero-order chi connectivity index (χ0) is 13.4. The van der Waals surface area contributed by atoms with Gasteiger partial charge in [0.2, 0.25) is 0 Å². The summed E-state index contributed by atoms with van der Waals surface area (Å²) in [7, 11) is 0. The lowest BCUT2D eigenvalue weighted by Crippen LogP contribution is -2.39. The molecule has 3 heteroatoms. The number of aliphatic hydroxyl groups is 1. The normalized spacial score (nSPS) is 14.7. The average Bonchev–Trinajstić information content (AvgIpc) is 2.38. The van der Waals surface area contributed by atoms with Gasteiger partial charge in [-0.3, -0.25) is 0 Å². The SMILES string of the molecule is CC(C)CCCOCC(O)(CN)c1ccccc1. The van der Waals surface area contributed by atoms with Gasteiger partial charge < -0.3 is 15.6 Å². The highest BCUT2D eigenvalue weighted by atomic mass is 16.5. The van der Waals surface area contributed by atoms with Crippen LogP contribution in [0, 0.1) is 5.92 Å². The van der Waals surface area contributed by atoms with Crippen LogP contribution in [0.15, 0.2) is 30.3 Å². The molecule has 1 atom stereocenters. The molecule has 1 unspecified atom stereocenters. The summed E-state index contributed by atoms with van der Waals surface area (Å²) in [6.07, 6.45) is 2.17. The highest BCUT2D eigenvalue weighted by molar-refractivity contribution is 5.22. The van der Waals surface area contributed by atoms with Gasteiger partial charge in [-0.2, -0.15) is 0 Å².